The Balaban J connectivity index is 1.55. The summed E-state index contributed by atoms with van der Waals surface area (Å²) in [6.45, 7) is 4.06. The van der Waals surface area contributed by atoms with Crippen molar-refractivity contribution in [2.24, 2.45) is 4.99 Å². The Hall–Kier alpha value is -3.09. The van der Waals surface area contributed by atoms with E-state index in [1.807, 2.05) is 43.3 Å². The van der Waals surface area contributed by atoms with Crippen molar-refractivity contribution in [1.29, 1.82) is 0 Å². The average Bonchev–Trinajstić information content (AvgIpc) is 3.16. The van der Waals surface area contributed by atoms with Crippen LogP contribution in [0, 0.1) is 0 Å². The van der Waals surface area contributed by atoms with E-state index in [9.17, 15) is 0 Å². The highest BCUT2D eigenvalue weighted by molar-refractivity contribution is 5.79. The number of benzene rings is 2. The molecule has 27 heavy (non-hydrogen) atoms. The van der Waals surface area contributed by atoms with Gasteiger partial charge in [-0.2, -0.15) is 0 Å². The Kier molecular flexibility index (Phi) is 6.25. The third-order valence-corrected chi connectivity index (χ3v) is 4.11. The van der Waals surface area contributed by atoms with E-state index < -0.39 is 0 Å². The van der Waals surface area contributed by atoms with Gasteiger partial charge in [0, 0.05) is 20.1 Å². The molecular formula is C20H25N3O4. The van der Waals surface area contributed by atoms with E-state index in [4.69, 9.17) is 18.9 Å². The summed E-state index contributed by atoms with van der Waals surface area (Å²) in [6, 6.07) is 11.8. The number of guanidine groups is 1. The van der Waals surface area contributed by atoms with Gasteiger partial charge in [-0.25, -0.2) is 0 Å². The average molecular weight is 371 g/mol. The number of nitrogens with one attached hydrogen (secondary N) is 2. The lowest BCUT2D eigenvalue weighted by molar-refractivity contribution is 0.174. The van der Waals surface area contributed by atoms with Gasteiger partial charge in [0.2, 0.25) is 6.79 Å². The van der Waals surface area contributed by atoms with Crippen molar-refractivity contribution in [3.05, 3.63) is 47.5 Å². The van der Waals surface area contributed by atoms with Crippen LogP contribution in [0.25, 0.3) is 0 Å². The van der Waals surface area contributed by atoms with Gasteiger partial charge in [-0.05, 0) is 42.3 Å². The topological polar surface area (TPSA) is 73.3 Å². The summed E-state index contributed by atoms with van der Waals surface area (Å²) in [5.41, 5.74) is 2.16. The largest absolute Gasteiger partial charge is 0.493 e. The molecule has 0 radical (unpaired) electrons. The zero-order chi connectivity index (χ0) is 19.1. The molecule has 0 unspecified atom stereocenters. The molecule has 144 valence electrons. The predicted octanol–water partition coefficient (Wildman–Crippen LogP) is 2.69. The third kappa shape index (κ3) is 4.75. The van der Waals surface area contributed by atoms with Crippen LogP contribution in [-0.2, 0) is 13.1 Å². The molecule has 0 aliphatic carbocycles. The molecule has 0 saturated heterocycles. The van der Waals surface area contributed by atoms with E-state index in [0.29, 0.717) is 25.7 Å². The number of hydrogen-bond acceptors (Lipinski definition) is 5. The molecule has 0 atom stereocenters. The highest BCUT2D eigenvalue weighted by Gasteiger charge is 2.13. The third-order valence-electron chi connectivity index (χ3n) is 4.11. The fourth-order valence-electron chi connectivity index (χ4n) is 2.74. The zero-order valence-electron chi connectivity index (χ0n) is 15.9. The summed E-state index contributed by atoms with van der Waals surface area (Å²) < 4.78 is 21.7. The quantitative estimate of drug-likeness (QED) is 0.576. The lowest BCUT2D eigenvalue weighted by atomic mass is 10.2. The SMILES string of the molecule is CCOc1cc(CNC(=NC)NCc2ccc3c(c2)OCO3)ccc1OC. The van der Waals surface area contributed by atoms with Crippen molar-refractivity contribution in [2.45, 2.75) is 20.0 Å². The Morgan fingerprint density at radius 3 is 2.41 bits per heavy atom. The molecule has 0 spiro atoms. The Bertz CT molecular complexity index is 808. The maximum Gasteiger partial charge on any atom is 0.231 e. The second kappa shape index (κ2) is 9.02. The number of fused-ring (bicyclic) bond motifs is 1. The minimum Gasteiger partial charge on any atom is -0.493 e. The zero-order valence-corrected chi connectivity index (χ0v) is 15.9. The van der Waals surface area contributed by atoms with Gasteiger partial charge in [0.15, 0.2) is 29.0 Å². The first-order valence-electron chi connectivity index (χ1n) is 8.86. The van der Waals surface area contributed by atoms with Crippen molar-refractivity contribution >= 4 is 5.96 Å². The monoisotopic (exact) mass is 371 g/mol. The van der Waals surface area contributed by atoms with Crippen LogP contribution in [0.1, 0.15) is 18.1 Å². The molecule has 2 aromatic rings. The van der Waals surface area contributed by atoms with Gasteiger partial charge in [-0.1, -0.05) is 12.1 Å². The number of hydrogen-bond donors (Lipinski definition) is 2. The van der Waals surface area contributed by atoms with Gasteiger partial charge in [0.05, 0.1) is 13.7 Å². The molecule has 2 N–H and O–H groups in total. The Labute approximate surface area is 159 Å². The number of nitrogens with zero attached hydrogens (tertiary/aromatic N) is 1. The Morgan fingerprint density at radius 2 is 1.70 bits per heavy atom. The van der Waals surface area contributed by atoms with Crippen LogP contribution in [0.15, 0.2) is 41.4 Å². The number of rotatable bonds is 7. The molecule has 1 aliphatic heterocycles. The van der Waals surface area contributed by atoms with Crippen LogP contribution < -0.4 is 29.6 Å². The van der Waals surface area contributed by atoms with Crippen LogP contribution >= 0.6 is 0 Å². The van der Waals surface area contributed by atoms with E-state index >= 15 is 0 Å². The second-order valence-corrected chi connectivity index (χ2v) is 5.89. The van der Waals surface area contributed by atoms with Gasteiger partial charge in [-0.3, -0.25) is 4.99 Å². The highest BCUT2D eigenvalue weighted by atomic mass is 16.7. The molecule has 1 aliphatic rings. The summed E-state index contributed by atoms with van der Waals surface area (Å²) in [4.78, 5) is 4.27. The molecule has 7 nitrogen and oxygen atoms in total. The van der Waals surface area contributed by atoms with Gasteiger partial charge in [0.25, 0.3) is 0 Å². The van der Waals surface area contributed by atoms with Gasteiger partial charge < -0.3 is 29.6 Å². The van der Waals surface area contributed by atoms with E-state index in [-0.39, 0.29) is 6.79 Å². The predicted molar refractivity (Wildman–Crippen MR) is 104 cm³/mol. The fraction of sp³-hybridized carbons (Fsp3) is 0.350. The summed E-state index contributed by atoms with van der Waals surface area (Å²) in [6.07, 6.45) is 0. The first kappa shape index (κ1) is 18.7. The maximum atomic E-state index is 5.62. The van der Waals surface area contributed by atoms with E-state index in [0.717, 1.165) is 34.1 Å². The van der Waals surface area contributed by atoms with Crippen molar-refractivity contribution in [3.63, 3.8) is 0 Å². The lowest BCUT2D eigenvalue weighted by Gasteiger charge is -2.14. The van der Waals surface area contributed by atoms with Gasteiger partial charge >= 0.3 is 0 Å². The van der Waals surface area contributed by atoms with Crippen LogP contribution in [0.3, 0.4) is 0 Å². The smallest absolute Gasteiger partial charge is 0.231 e. The lowest BCUT2D eigenvalue weighted by Crippen LogP contribution is -2.36. The first-order valence-corrected chi connectivity index (χ1v) is 8.86. The molecule has 3 rings (SSSR count). The van der Waals surface area contributed by atoms with Crippen LogP contribution in [0.2, 0.25) is 0 Å². The van der Waals surface area contributed by atoms with Crippen LogP contribution in [0.4, 0.5) is 0 Å². The first-order chi connectivity index (χ1) is 13.2. The molecule has 2 aromatic carbocycles. The Morgan fingerprint density at radius 1 is 1.00 bits per heavy atom. The van der Waals surface area contributed by atoms with Crippen molar-refractivity contribution in [3.8, 4) is 23.0 Å². The summed E-state index contributed by atoms with van der Waals surface area (Å²) in [7, 11) is 3.38. The van der Waals surface area contributed by atoms with E-state index in [2.05, 4.69) is 15.6 Å². The van der Waals surface area contributed by atoms with Gasteiger partial charge in [0.1, 0.15) is 0 Å². The van der Waals surface area contributed by atoms with Crippen LogP contribution in [-0.4, -0.2) is 33.5 Å². The van der Waals surface area contributed by atoms with Crippen molar-refractivity contribution in [2.75, 3.05) is 27.6 Å². The summed E-state index contributed by atoms with van der Waals surface area (Å²) in [5.74, 6) is 3.74. The normalized spacial score (nSPS) is 12.6. The number of aliphatic imine (C=N–C) groups is 1. The van der Waals surface area contributed by atoms with Crippen molar-refractivity contribution < 1.29 is 18.9 Å². The van der Waals surface area contributed by atoms with Crippen LogP contribution in [0.5, 0.6) is 23.0 Å². The van der Waals surface area contributed by atoms with Gasteiger partial charge in [-0.15, -0.1) is 0 Å². The minimum absolute atomic E-state index is 0.279. The molecule has 1 heterocycles. The molecule has 0 amide bonds. The molecular weight excluding hydrogens is 346 g/mol. The second-order valence-electron chi connectivity index (χ2n) is 5.89. The van der Waals surface area contributed by atoms with Crippen molar-refractivity contribution in [1.82, 2.24) is 10.6 Å². The molecule has 0 aromatic heterocycles. The maximum absolute atomic E-state index is 5.62. The molecule has 0 bridgehead atoms. The van der Waals surface area contributed by atoms with E-state index in [1.165, 1.54) is 0 Å². The number of ether oxygens (including phenoxy) is 4. The molecule has 7 heteroatoms. The number of methoxy groups -OCH3 is 1. The highest BCUT2D eigenvalue weighted by Crippen LogP contribution is 2.32. The molecule has 0 saturated carbocycles. The fourth-order valence-corrected chi connectivity index (χ4v) is 2.74. The standard InChI is InChI=1S/C20H25N3O4/c1-4-25-18-9-14(5-7-16(18)24-3)11-22-20(21-2)23-12-15-6-8-17-19(10-15)27-13-26-17/h5-10H,4,11-13H2,1-3H3,(H2,21,22,23). The summed E-state index contributed by atoms with van der Waals surface area (Å²) >= 11 is 0. The minimum atomic E-state index is 0.279. The summed E-state index contributed by atoms with van der Waals surface area (Å²) in [5, 5.41) is 6.60. The molecule has 0 fully saturated rings. The van der Waals surface area contributed by atoms with E-state index in [1.54, 1.807) is 14.2 Å².